The first-order valence-corrected chi connectivity index (χ1v) is 30.9. The zero-order valence-corrected chi connectivity index (χ0v) is 52.5. The van der Waals surface area contributed by atoms with Gasteiger partial charge in [0.2, 0.25) is 0 Å². The molecule has 10 aromatic carbocycles. The SMILES string of the molecule is COC(=O)NCc1ccc(CNC(=O)c2cc(-c3ccc4ccccc4c3)nc3ccccc23)cc1.COC(=O)NCc1ccc(CNC(=O)c2cc(C)nc3ccccc23)cc1.NCc1ccc(CNCc2cc(-c3ccc4ccccc4c3)nc3ccccc23)cc1. The molecule has 0 spiro atoms. The summed E-state index contributed by atoms with van der Waals surface area (Å²) in [5.74, 6) is -0.291. The molecule has 0 saturated carbocycles. The maximum atomic E-state index is 13.3. The summed E-state index contributed by atoms with van der Waals surface area (Å²) in [6, 6.07) is 82.8. The van der Waals surface area contributed by atoms with Crippen LogP contribution < -0.4 is 32.3 Å². The van der Waals surface area contributed by atoms with Crippen LogP contribution in [0.1, 0.15) is 65.4 Å². The third kappa shape index (κ3) is 16.5. The van der Waals surface area contributed by atoms with Crippen molar-refractivity contribution >= 4 is 78.3 Å². The van der Waals surface area contributed by atoms with Gasteiger partial charge in [0, 0.05) is 78.8 Å². The van der Waals surface area contributed by atoms with Crippen molar-refractivity contribution in [2.45, 2.75) is 52.7 Å². The molecule has 0 aliphatic carbocycles. The van der Waals surface area contributed by atoms with E-state index in [9.17, 15) is 19.2 Å². The number of rotatable bonds is 17. The van der Waals surface area contributed by atoms with Gasteiger partial charge in [-0.25, -0.2) is 19.6 Å². The Bertz CT molecular complexity index is 4830. The molecule has 13 aromatic rings. The number of hydrogen-bond donors (Lipinski definition) is 6. The van der Waals surface area contributed by atoms with Gasteiger partial charge in [-0.2, -0.15) is 0 Å². The van der Waals surface area contributed by atoms with E-state index in [1.54, 1.807) is 6.07 Å². The number of amides is 4. The minimum atomic E-state index is -0.473. The van der Waals surface area contributed by atoms with Gasteiger partial charge in [0.15, 0.2) is 0 Å². The molecule has 94 heavy (non-hydrogen) atoms. The van der Waals surface area contributed by atoms with Gasteiger partial charge in [-0.3, -0.25) is 14.6 Å². The molecular weight excluding hydrogens is 1170 g/mol. The van der Waals surface area contributed by atoms with Gasteiger partial charge >= 0.3 is 12.2 Å². The van der Waals surface area contributed by atoms with Gasteiger partial charge < -0.3 is 41.8 Å². The van der Waals surface area contributed by atoms with Crippen LogP contribution in [0.25, 0.3) is 76.8 Å². The van der Waals surface area contributed by atoms with E-state index in [4.69, 9.17) is 15.7 Å². The summed E-state index contributed by atoms with van der Waals surface area (Å²) in [6.45, 7) is 5.61. The zero-order chi connectivity index (χ0) is 65.2. The fourth-order valence-corrected chi connectivity index (χ4v) is 11.0. The Hall–Kier alpha value is -11.7. The summed E-state index contributed by atoms with van der Waals surface area (Å²) >= 11 is 0. The number of hydrogen-bond acceptors (Lipinski definition) is 11. The Labute approximate surface area is 545 Å². The number of para-hydroxylation sites is 3. The lowest BCUT2D eigenvalue weighted by molar-refractivity contribution is 0.0944. The quantitative estimate of drug-likeness (QED) is 0.0505. The van der Waals surface area contributed by atoms with E-state index in [1.165, 1.54) is 41.5 Å². The van der Waals surface area contributed by atoms with E-state index in [0.717, 1.165) is 107 Å². The van der Waals surface area contributed by atoms with Gasteiger partial charge in [-0.15, -0.1) is 0 Å². The number of pyridine rings is 3. The number of fused-ring (bicyclic) bond motifs is 5. The zero-order valence-electron chi connectivity index (χ0n) is 52.5. The number of benzene rings is 10. The van der Waals surface area contributed by atoms with Gasteiger partial charge in [0.25, 0.3) is 11.8 Å². The van der Waals surface area contributed by atoms with Crippen LogP contribution in [0.15, 0.2) is 249 Å². The van der Waals surface area contributed by atoms with Crippen LogP contribution in [0.3, 0.4) is 0 Å². The smallest absolute Gasteiger partial charge is 0.407 e. The highest BCUT2D eigenvalue weighted by Crippen LogP contribution is 2.30. The van der Waals surface area contributed by atoms with Crippen LogP contribution in [-0.4, -0.2) is 53.2 Å². The number of nitrogens with one attached hydrogen (secondary N) is 5. The third-order valence-electron chi connectivity index (χ3n) is 16.0. The Morgan fingerprint density at radius 2 is 0.734 bits per heavy atom. The van der Waals surface area contributed by atoms with Crippen molar-refractivity contribution in [2.24, 2.45) is 5.73 Å². The van der Waals surface area contributed by atoms with E-state index in [0.29, 0.717) is 43.9 Å². The number of carbonyl (C=O) groups excluding carboxylic acids is 4. The second-order valence-electron chi connectivity index (χ2n) is 22.5. The van der Waals surface area contributed by atoms with E-state index in [-0.39, 0.29) is 11.8 Å². The predicted molar refractivity (Wildman–Crippen MR) is 374 cm³/mol. The van der Waals surface area contributed by atoms with Crippen LogP contribution in [-0.2, 0) is 55.3 Å². The molecule has 15 heteroatoms. The molecule has 0 bridgehead atoms. The van der Waals surface area contributed by atoms with Crippen LogP contribution in [0.2, 0.25) is 0 Å². The van der Waals surface area contributed by atoms with Crippen LogP contribution in [0.4, 0.5) is 9.59 Å². The summed E-state index contributed by atoms with van der Waals surface area (Å²) in [7, 11) is 2.66. The first-order valence-electron chi connectivity index (χ1n) is 30.9. The highest BCUT2D eigenvalue weighted by molar-refractivity contribution is 6.08. The summed E-state index contributed by atoms with van der Waals surface area (Å²) < 4.78 is 9.13. The monoisotopic (exact) mass is 1240 g/mol. The second kappa shape index (κ2) is 30.9. The van der Waals surface area contributed by atoms with E-state index < -0.39 is 12.2 Å². The largest absolute Gasteiger partial charge is 0.453 e. The number of nitrogens with zero attached hydrogens (tertiary/aromatic N) is 3. The lowest BCUT2D eigenvalue weighted by Gasteiger charge is -2.12. The van der Waals surface area contributed by atoms with E-state index in [1.807, 2.05) is 128 Å². The molecule has 0 radical (unpaired) electrons. The molecule has 0 aliphatic rings. The van der Waals surface area contributed by atoms with Gasteiger partial charge in [0.05, 0.1) is 53.3 Å². The number of aromatic nitrogens is 3. The normalized spacial score (nSPS) is 10.9. The number of ether oxygens (including phenoxy) is 2. The molecule has 15 nitrogen and oxygen atoms in total. The van der Waals surface area contributed by atoms with Gasteiger partial charge in [0.1, 0.15) is 0 Å². The first kappa shape index (κ1) is 63.9. The van der Waals surface area contributed by atoms with Gasteiger partial charge in [-0.05, 0) is 116 Å². The van der Waals surface area contributed by atoms with Crippen molar-refractivity contribution < 1.29 is 28.7 Å². The number of alkyl carbamates (subject to hydrolysis) is 2. The van der Waals surface area contributed by atoms with Crippen LogP contribution in [0.5, 0.6) is 0 Å². The second-order valence-corrected chi connectivity index (χ2v) is 22.5. The van der Waals surface area contributed by atoms with Crippen LogP contribution in [0, 0.1) is 6.92 Å². The van der Waals surface area contributed by atoms with Crippen molar-refractivity contribution in [1.82, 2.24) is 41.5 Å². The number of carbonyl (C=O) groups is 4. The number of nitrogens with two attached hydrogens (primary N) is 1. The summed E-state index contributed by atoms with van der Waals surface area (Å²) in [6.07, 6.45) is -0.940. The van der Waals surface area contributed by atoms with Crippen molar-refractivity contribution in [3.63, 3.8) is 0 Å². The maximum Gasteiger partial charge on any atom is 0.407 e. The Morgan fingerprint density at radius 3 is 1.20 bits per heavy atom. The van der Waals surface area contributed by atoms with Crippen molar-refractivity contribution in [3.8, 4) is 22.5 Å². The molecule has 0 atom stereocenters. The lowest BCUT2D eigenvalue weighted by Crippen LogP contribution is -2.23. The van der Waals surface area contributed by atoms with E-state index >= 15 is 0 Å². The fourth-order valence-electron chi connectivity index (χ4n) is 11.0. The lowest BCUT2D eigenvalue weighted by atomic mass is 10.0. The Balaban J connectivity index is 0.000000145. The van der Waals surface area contributed by atoms with Crippen molar-refractivity contribution in [2.75, 3.05) is 14.2 Å². The average molecular weight is 1240 g/mol. The molecule has 0 saturated heterocycles. The highest BCUT2D eigenvalue weighted by Gasteiger charge is 2.16. The molecule has 13 rings (SSSR count). The molecule has 0 unspecified atom stereocenters. The highest BCUT2D eigenvalue weighted by atomic mass is 16.5. The number of methoxy groups -OCH3 is 2. The molecule has 3 heterocycles. The average Bonchev–Trinajstić information content (AvgIpc) is 0.830. The molecular formula is C79H71N9O6. The first-order chi connectivity index (χ1) is 46.0. The molecule has 3 aromatic heterocycles. The summed E-state index contributed by atoms with van der Waals surface area (Å²) in [5, 5.41) is 22.5. The Morgan fingerprint density at radius 1 is 0.362 bits per heavy atom. The third-order valence-corrected chi connectivity index (χ3v) is 16.0. The molecule has 0 aliphatic heterocycles. The van der Waals surface area contributed by atoms with Crippen molar-refractivity contribution in [3.05, 3.63) is 304 Å². The Kier molecular flexibility index (Phi) is 21.0. The van der Waals surface area contributed by atoms with Crippen LogP contribution >= 0.6 is 0 Å². The molecule has 7 N–H and O–H groups in total. The summed E-state index contributed by atoms with van der Waals surface area (Å²) in [4.78, 5) is 62.6. The van der Waals surface area contributed by atoms with Gasteiger partial charge in [-0.1, -0.05) is 200 Å². The minimum absolute atomic E-state index is 0.131. The van der Waals surface area contributed by atoms with E-state index in [2.05, 4.69) is 162 Å². The summed E-state index contributed by atoms with van der Waals surface area (Å²) in [5.41, 5.74) is 21.7. The standard InChI is InChI=1S/C30H25N3O3.C28H25N3.C21H21N3O3/c1-36-30(35)32-19-21-12-10-20(11-13-21)18-31-29(34)26-17-28(33-27-9-5-4-8-25(26)27)24-15-14-22-6-2-3-7-23(22)16-24;29-17-20-9-11-21(12-10-20)18-30-19-25-16-28(31-27-8-4-3-7-26(25)27)24-14-13-22-5-1-2-6-23(22)15-24;1-14-11-18(17-5-3-4-6-19(17)24-14)20(25)22-12-15-7-9-16(10-8-15)13-23-21(26)27-2/h2-17H,18-19H2,1H3,(H,31,34)(H,32,35);1-16,30H,17-19,29H2;3-11H,12-13H2,1-2H3,(H,22,25)(H,23,26). The minimum Gasteiger partial charge on any atom is -0.453 e. The fraction of sp³-hybridized carbons (Fsp3) is 0.127. The molecule has 468 valence electrons. The molecule has 4 amide bonds. The van der Waals surface area contributed by atoms with Crippen molar-refractivity contribution in [1.29, 1.82) is 0 Å². The predicted octanol–water partition coefficient (Wildman–Crippen LogP) is 15.0. The maximum absolute atomic E-state index is 13.3. The topological polar surface area (TPSA) is 212 Å². The number of aryl methyl sites for hydroxylation is 1. The molecule has 0 fully saturated rings.